The van der Waals surface area contributed by atoms with Crippen molar-refractivity contribution in [1.82, 2.24) is 23.7 Å². The summed E-state index contributed by atoms with van der Waals surface area (Å²) in [5.41, 5.74) is 3.39. The van der Waals surface area contributed by atoms with E-state index in [4.69, 9.17) is 0 Å². The Kier molecular flexibility index (Phi) is 4.86. The smallest absolute Gasteiger partial charge is 0.328 e. The van der Waals surface area contributed by atoms with Crippen LogP contribution in [0.4, 0.5) is 5.13 Å². The predicted octanol–water partition coefficient (Wildman–Crippen LogP) is 1.81. The fourth-order valence-corrected chi connectivity index (χ4v) is 4.12. The van der Waals surface area contributed by atoms with E-state index in [1.807, 2.05) is 31.4 Å². The van der Waals surface area contributed by atoms with Gasteiger partial charge in [-0.15, -0.1) is 11.3 Å². The van der Waals surface area contributed by atoms with Crippen molar-refractivity contribution in [3.63, 3.8) is 0 Å². The first-order chi connectivity index (χ1) is 14.3. The lowest BCUT2D eigenvalue weighted by molar-refractivity contribution is -0.116. The minimum absolute atomic E-state index is 0.260. The summed E-state index contributed by atoms with van der Waals surface area (Å²) in [6.45, 7) is 3.63. The molecular weight excluding hydrogens is 404 g/mol. The molecule has 9 nitrogen and oxygen atoms in total. The van der Waals surface area contributed by atoms with Gasteiger partial charge in [0.15, 0.2) is 16.3 Å². The third-order valence-corrected chi connectivity index (χ3v) is 5.67. The molecule has 0 aliphatic rings. The van der Waals surface area contributed by atoms with E-state index in [2.05, 4.69) is 21.4 Å². The molecule has 0 radical (unpaired) electrons. The van der Waals surface area contributed by atoms with Crippen molar-refractivity contribution in [2.75, 3.05) is 5.32 Å². The van der Waals surface area contributed by atoms with E-state index >= 15 is 0 Å². The van der Waals surface area contributed by atoms with Gasteiger partial charge in [-0.1, -0.05) is 23.8 Å². The van der Waals surface area contributed by atoms with Crippen molar-refractivity contribution >= 4 is 33.5 Å². The summed E-state index contributed by atoms with van der Waals surface area (Å²) in [5.74, 6) is -0.503. The Morgan fingerprint density at radius 3 is 2.70 bits per heavy atom. The molecule has 1 N–H and O–H groups in total. The lowest BCUT2D eigenvalue weighted by atomic mass is 10.0. The molecular formula is C20H20N6O3S. The van der Waals surface area contributed by atoms with Crippen molar-refractivity contribution in [3.05, 3.63) is 61.9 Å². The van der Waals surface area contributed by atoms with Gasteiger partial charge in [-0.2, -0.15) is 0 Å². The SMILES string of the molecule is Cc1ccc(-c2csc(NC(=O)Cn3c(=O)c4c(ncn4C)n(C)c3=O)n2)c(C)c1. The maximum Gasteiger partial charge on any atom is 0.332 e. The van der Waals surface area contributed by atoms with Crippen LogP contribution in [0.2, 0.25) is 0 Å². The quantitative estimate of drug-likeness (QED) is 0.538. The van der Waals surface area contributed by atoms with Gasteiger partial charge in [0.05, 0.1) is 12.0 Å². The molecule has 0 aliphatic heterocycles. The largest absolute Gasteiger partial charge is 0.332 e. The van der Waals surface area contributed by atoms with Crippen molar-refractivity contribution < 1.29 is 4.79 Å². The number of imidazole rings is 1. The number of benzene rings is 1. The van der Waals surface area contributed by atoms with E-state index in [0.29, 0.717) is 5.13 Å². The first-order valence-electron chi connectivity index (χ1n) is 9.20. The average molecular weight is 424 g/mol. The fourth-order valence-electron chi connectivity index (χ4n) is 3.39. The standard InChI is InChI=1S/C20H20N6O3S/c1-11-5-6-13(12(2)7-11)14-9-30-19(22-14)23-15(27)8-26-18(28)16-17(21-10-24(16)3)25(4)20(26)29/h5-7,9-10H,8H2,1-4H3,(H,22,23,27). The van der Waals surface area contributed by atoms with Crippen LogP contribution in [-0.4, -0.2) is 29.6 Å². The average Bonchev–Trinajstić information content (AvgIpc) is 3.30. The van der Waals surface area contributed by atoms with Crippen molar-refractivity contribution in [2.24, 2.45) is 14.1 Å². The fraction of sp³-hybridized carbons (Fsp3) is 0.250. The van der Waals surface area contributed by atoms with Gasteiger partial charge < -0.3 is 9.88 Å². The highest BCUT2D eigenvalue weighted by molar-refractivity contribution is 7.14. The van der Waals surface area contributed by atoms with Gasteiger partial charge in [0.1, 0.15) is 6.54 Å². The number of fused-ring (bicyclic) bond motifs is 1. The lowest BCUT2D eigenvalue weighted by Crippen LogP contribution is -2.42. The van der Waals surface area contributed by atoms with Crippen LogP contribution in [-0.2, 0) is 25.4 Å². The summed E-state index contributed by atoms with van der Waals surface area (Å²) in [5, 5.41) is 4.95. The molecule has 0 atom stereocenters. The molecule has 10 heteroatoms. The molecule has 1 aromatic carbocycles. The Labute approximate surface area is 175 Å². The van der Waals surface area contributed by atoms with E-state index in [0.717, 1.165) is 27.0 Å². The third kappa shape index (κ3) is 3.35. The Morgan fingerprint density at radius 2 is 1.97 bits per heavy atom. The Morgan fingerprint density at radius 1 is 1.20 bits per heavy atom. The van der Waals surface area contributed by atoms with E-state index in [-0.39, 0.29) is 11.2 Å². The van der Waals surface area contributed by atoms with Crippen LogP contribution in [0.1, 0.15) is 11.1 Å². The first-order valence-corrected chi connectivity index (χ1v) is 10.1. The highest BCUT2D eigenvalue weighted by Gasteiger charge is 2.18. The van der Waals surface area contributed by atoms with E-state index in [9.17, 15) is 14.4 Å². The monoisotopic (exact) mass is 424 g/mol. The zero-order valence-corrected chi connectivity index (χ0v) is 17.8. The van der Waals surface area contributed by atoms with Crippen LogP contribution in [0, 0.1) is 13.8 Å². The third-order valence-electron chi connectivity index (χ3n) is 4.91. The zero-order valence-electron chi connectivity index (χ0n) is 17.0. The minimum atomic E-state index is -0.601. The van der Waals surface area contributed by atoms with E-state index < -0.39 is 23.7 Å². The first kappa shape index (κ1) is 19.8. The van der Waals surface area contributed by atoms with Crippen LogP contribution in [0.15, 0.2) is 39.5 Å². The van der Waals surface area contributed by atoms with Crippen molar-refractivity contribution in [3.8, 4) is 11.3 Å². The molecule has 0 bridgehead atoms. The number of carbonyl (C=O) groups is 1. The molecule has 0 spiro atoms. The predicted molar refractivity (Wildman–Crippen MR) is 116 cm³/mol. The van der Waals surface area contributed by atoms with Gasteiger partial charge in [0.25, 0.3) is 5.56 Å². The number of aromatic nitrogens is 5. The maximum atomic E-state index is 12.7. The number of nitrogens with zero attached hydrogens (tertiary/aromatic N) is 5. The number of carbonyl (C=O) groups excluding carboxylic acids is 1. The molecule has 0 aliphatic carbocycles. The summed E-state index contributed by atoms with van der Waals surface area (Å²) in [4.78, 5) is 46.3. The van der Waals surface area contributed by atoms with Gasteiger partial charge in [0.2, 0.25) is 5.91 Å². The molecule has 0 unspecified atom stereocenters. The Balaban J connectivity index is 1.59. The maximum absolute atomic E-state index is 12.7. The number of amides is 1. The minimum Gasteiger partial charge on any atom is -0.328 e. The van der Waals surface area contributed by atoms with E-state index in [1.165, 1.54) is 33.8 Å². The number of anilines is 1. The summed E-state index contributed by atoms with van der Waals surface area (Å²) < 4.78 is 3.69. The normalized spacial score (nSPS) is 11.2. The van der Waals surface area contributed by atoms with Gasteiger partial charge in [-0.05, 0) is 19.4 Å². The number of thiazole rings is 1. The van der Waals surface area contributed by atoms with Crippen molar-refractivity contribution in [1.29, 1.82) is 0 Å². The number of aryl methyl sites for hydroxylation is 4. The number of hydrogen-bond acceptors (Lipinski definition) is 6. The summed E-state index contributed by atoms with van der Waals surface area (Å²) in [6, 6.07) is 6.08. The topological polar surface area (TPSA) is 104 Å². The molecule has 3 heterocycles. The lowest BCUT2D eigenvalue weighted by Gasteiger charge is -2.08. The van der Waals surface area contributed by atoms with Gasteiger partial charge in [-0.3, -0.25) is 14.2 Å². The van der Waals surface area contributed by atoms with Gasteiger partial charge in [0, 0.05) is 25.0 Å². The number of rotatable bonds is 4. The Hall–Kier alpha value is -3.53. The van der Waals surface area contributed by atoms with E-state index in [1.54, 1.807) is 7.05 Å². The molecule has 4 aromatic rings. The second kappa shape index (κ2) is 7.38. The molecule has 0 saturated heterocycles. The van der Waals surface area contributed by atoms with Gasteiger partial charge in [-0.25, -0.2) is 19.3 Å². The number of hydrogen-bond donors (Lipinski definition) is 1. The second-order valence-corrected chi connectivity index (χ2v) is 8.02. The second-order valence-electron chi connectivity index (χ2n) is 7.17. The number of nitrogens with one attached hydrogen (secondary N) is 1. The molecule has 154 valence electrons. The molecule has 30 heavy (non-hydrogen) atoms. The molecule has 3 aromatic heterocycles. The van der Waals surface area contributed by atoms with Gasteiger partial charge >= 0.3 is 5.69 Å². The molecule has 0 fully saturated rings. The molecule has 1 amide bonds. The van der Waals surface area contributed by atoms with Crippen LogP contribution < -0.4 is 16.6 Å². The van der Waals surface area contributed by atoms with Crippen LogP contribution >= 0.6 is 11.3 Å². The summed E-state index contributed by atoms with van der Waals surface area (Å²) in [6.07, 6.45) is 1.46. The van der Waals surface area contributed by atoms with Crippen LogP contribution in [0.5, 0.6) is 0 Å². The summed E-state index contributed by atoms with van der Waals surface area (Å²) >= 11 is 1.29. The van der Waals surface area contributed by atoms with Crippen molar-refractivity contribution in [2.45, 2.75) is 20.4 Å². The molecule has 0 saturated carbocycles. The van der Waals surface area contributed by atoms with Crippen LogP contribution in [0.25, 0.3) is 22.4 Å². The molecule has 4 rings (SSSR count). The zero-order chi connectivity index (χ0) is 21.6. The summed E-state index contributed by atoms with van der Waals surface area (Å²) in [7, 11) is 3.18. The Bertz CT molecular complexity index is 1410. The van der Waals surface area contributed by atoms with Crippen LogP contribution in [0.3, 0.4) is 0 Å². The highest BCUT2D eigenvalue weighted by Crippen LogP contribution is 2.27. The highest BCUT2D eigenvalue weighted by atomic mass is 32.1.